The highest BCUT2D eigenvalue weighted by atomic mass is 32.1. The summed E-state index contributed by atoms with van der Waals surface area (Å²) in [5.74, 6) is 0. The second-order valence-electron chi connectivity index (χ2n) is 20.5. The first-order valence-corrected chi connectivity index (χ1v) is 23.1. The number of hydrogen-bond donors (Lipinski definition) is 0. The van der Waals surface area contributed by atoms with E-state index in [2.05, 4.69) is 203 Å². The molecule has 0 fully saturated rings. The molecule has 0 saturated heterocycles. The lowest BCUT2D eigenvalue weighted by molar-refractivity contribution is 0.590. The Kier molecular flexibility index (Phi) is 6.46. The van der Waals surface area contributed by atoms with Crippen molar-refractivity contribution in [3.05, 3.63) is 173 Å². The summed E-state index contributed by atoms with van der Waals surface area (Å²) in [6.45, 7) is 16.6. The monoisotopic (exact) mass is 812 g/mol. The molecular formula is C58H45BN2S. The van der Waals surface area contributed by atoms with Crippen molar-refractivity contribution in [1.29, 1.82) is 0 Å². The molecule has 2 nitrogen and oxygen atoms in total. The molecule has 8 aromatic carbocycles. The van der Waals surface area contributed by atoms with Crippen LogP contribution in [0.25, 0.3) is 81.0 Å². The molecule has 0 atom stereocenters. The average molecular weight is 813 g/mol. The van der Waals surface area contributed by atoms with Crippen LogP contribution in [-0.2, 0) is 16.2 Å². The third-order valence-electron chi connectivity index (χ3n) is 15.5. The maximum Gasteiger partial charge on any atom is 0.333 e. The predicted octanol–water partition coefficient (Wildman–Crippen LogP) is 14.3. The van der Waals surface area contributed by atoms with Gasteiger partial charge in [-0.3, -0.25) is 0 Å². The largest absolute Gasteiger partial charge is 0.376 e. The number of rotatable bonds is 1. The number of thiophene rings is 1. The van der Waals surface area contributed by atoms with Gasteiger partial charge in [0.15, 0.2) is 0 Å². The van der Waals surface area contributed by atoms with Gasteiger partial charge in [0.2, 0.25) is 0 Å². The fraction of sp³-hybridized carbons (Fsp3) is 0.172. The Morgan fingerprint density at radius 2 is 1.23 bits per heavy atom. The Morgan fingerprint density at radius 1 is 0.516 bits per heavy atom. The first kappa shape index (κ1) is 35.3. The second-order valence-corrected chi connectivity index (χ2v) is 21.6. The lowest BCUT2D eigenvalue weighted by atomic mass is 9.43. The highest BCUT2D eigenvalue weighted by Gasteiger charge is 2.47. The van der Waals surface area contributed by atoms with Gasteiger partial charge in [0.1, 0.15) is 0 Å². The molecule has 0 unspecified atom stereocenters. The lowest BCUT2D eigenvalue weighted by Crippen LogP contribution is -2.60. The maximum absolute atomic E-state index is 2.72. The summed E-state index contributed by atoms with van der Waals surface area (Å²) in [7, 11) is 0. The van der Waals surface area contributed by atoms with Crippen LogP contribution in [0.2, 0.25) is 0 Å². The van der Waals surface area contributed by atoms with Crippen molar-refractivity contribution in [2.75, 3.05) is 4.81 Å². The van der Waals surface area contributed by atoms with Crippen LogP contribution >= 0.6 is 11.3 Å². The van der Waals surface area contributed by atoms with Gasteiger partial charge in [-0.2, -0.15) is 0 Å². The van der Waals surface area contributed by atoms with E-state index >= 15 is 0 Å². The molecule has 10 aromatic rings. The molecule has 0 saturated carbocycles. The number of nitrogens with zero attached hydrogens (tertiary/aromatic N) is 2. The van der Waals surface area contributed by atoms with Crippen molar-refractivity contribution in [2.45, 2.75) is 64.7 Å². The van der Waals surface area contributed by atoms with Gasteiger partial charge < -0.3 is 9.38 Å². The van der Waals surface area contributed by atoms with Crippen molar-refractivity contribution in [2.24, 2.45) is 0 Å². The van der Waals surface area contributed by atoms with E-state index in [9.17, 15) is 0 Å². The minimum atomic E-state index is -0.140. The molecule has 62 heavy (non-hydrogen) atoms. The summed E-state index contributed by atoms with van der Waals surface area (Å²) in [4.78, 5) is 2.72. The predicted molar refractivity (Wildman–Crippen MR) is 267 cm³/mol. The summed E-state index contributed by atoms with van der Waals surface area (Å²) >= 11 is 1.92. The normalized spacial score (nSPS) is 15.9. The van der Waals surface area contributed by atoms with Crippen LogP contribution in [0.3, 0.4) is 0 Å². The fourth-order valence-corrected chi connectivity index (χ4v) is 13.6. The molecule has 2 aliphatic heterocycles. The lowest BCUT2D eigenvalue weighted by Gasteiger charge is -2.42. The molecule has 14 rings (SSSR count). The quantitative estimate of drug-likeness (QED) is 0.150. The van der Waals surface area contributed by atoms with E-state index < -0.39 is 0 Å². The molecule has 4 heteroatoms. The highest BCUT2D eigenvalue weighted by molar-refractivity contribution is 7.25. The van der Waals surface area contributed by atoms with Crippen molar-refractivity contribution in [3.8, 4) is 39.1 Å². The molecule has 0 amide bonds. The summed E-state index contributed by atoms with van der Waals surface area (Å²) in [6.07, 6.45) is 0. The molecule has 0 N–H and O–H groups in total. The van der Waals surface area contributed by atoms with E-state index in [0.29, 0.717) is 0 Å². The fourth-order valence-electron chi connectivity index (χ4n) is 12.5. The van der Waals surface area contributed by atoms with Gasteiger partial charge in [0.25, 0.3) is 0 Å². The molecule has 0 radical (unpaired) electrons. The van der Waals surface area contributed by atoms with Crippen molar-refractivity contribution in [3.63, 3.8) is 0 Å². The smallest absolute Gasteiger partial charge is 0.333 e. The van der Waals surface area contributed by atoms with Crippen LogP contribution in [0.5, 0.6) is 0 Å². The number of anilines is 2. The Balaban J connectivity index is 1.17. The van der Waals surface area contributed by atoms with Gasteiger partial charge in [-0.25, -0.2) is 0 Å². The zero-order valence-corrected chi connectivity index (χ0v) is 37.1. The van der Waals surface area contributed by atoms with E-state index in [0.717, 1.165) is 0 Å². The number of aromatic nitrogens is 1. The van der Waals surface area contributed by atoms with Crippen molar-refractivity contribution in [1.82, 2.24) is 4.57 Å². The summed E-state index contributed by atoms with van der Waals surface area (Å²) in [5.41, 5.74) is 24.1. The van der Waals surface area contributed by atoms with Crippen molar-refractivity contribution < 1.29 is 0 Å². The minimum Gasteiger partial charge on any atom is -0.376 e. The molecular weight excluding hydrogens is 768 g/mol. The molecule has 2 aromatic heterocycles. The van der Waals surface area contributed by atoms with Gasteiger partial charge in [-0.1, -0.05) is 152 Å². The SMILES string of the molecule is CC(C)(C)c1ccc(N2B3c4cc5c(cc4-n4c6ccc7c(c6c6ccc(c3c64)-c3cc4sc6ccccc6c4cc32)-c2ccccc2C7(C)C)-c2ccccc2C5(C)C)cc1. The zero-order chi connectivity index (χ0) is 41.8. The van der Waals surface area contributed by atoms with Gasteiger partial charge in [-0.15, -0.1) is 11.3 Å². The second kappa shape index (κ2) is 11.4. The first-order valence-electron chi connectivity index (χ1n) is 22.3. The van der Waals surface area contributed by atoms with E-state index in [4.69, 9.17) is 0 Å². The van der Waals surface area contributed by atoms with E-state index in [1.165, 1.54) is 131 Å². The highest BCUT2D eigenvalue weighted by Crippen LogP contribution is 2.56. The van der Waals surface area contributed by atoms with E-state index in [1.54, 1.807) is 0 Å². The minimum absolute atomic E-state index is 0.0474. The Labute approximate surface area is 367 Å². The summed E-state index contributed by atoms with van der Waals surface area (Å²) < 4.78 is 5.36. The van der Waals surface area contributed by atoms with E-state index in [1.807, 2.05) is 11.3 Å². The maximum atomic E-state index is 2.72. The molecule has 0 bridgehead atoms. The van der Waals surface area contributed by atoms with Gasteiger partial charge in [0, 0.05) is 64.4 Å². The first-order chi connectivity index (χ1) is 29.9. The summed E-state index contributed by atoms with van der Waals surface area (Å²) in [6, 6.07) is 56.9. The van der Waals surface area contributed by atoms with Crippen LogP contribution in [0.4, 0.5) is 11.4 Å². The number of benzene rings is 8. The molecule has 4 aliphatic rings. The Hall–Kier alpha value is -6.36. The van der Waals surface area contributed by atoms with Gasteiger partial charge in [0.05, 0.1) is 11.0 Å². The van der Waals surface area contributed by atoms with E-state index in [-0.39, 0.29) is 23.1 Å². The zero-order valence-electron chi connectivity index (χ0n) is 36.2. The summed E-state index contributed by atoms with van der Waals surface area (Å²) in [5, 5.41) is 5.38. The van der Waals surface area contributed by atoms with Crippen molar-refractivity contribution >= 4 is 82.5 Å². The topological polar surface area (TPSA) is 8.17 Å². The molecule has 2 aliphatic carbocycles. The third kappa shape index (κ3) is 4.18. The van der Waals surface area contributed by atoms with Crippen LogP contribution in [0.15, 0.2) is 146 Å². The molecule has 296 valence electrons. The van der Waals surface area contributed by atoms with Gasteiger partial charge in [-0.05, 0) is 114 Å². The van der Waals surface area contributed by atoms with Crippen LogP contribution in [-0.4, -0.2) is 11.4 Å². The number of fused-ring (bicyclic) bond motifs is 18. The Morgan fingerprint density at radius 3 is 2.02 bits per heavy atom. The number of hydrogen-bond acceptors (Lipinski definition) is 2. The van der Waals surface area contributed by atoms with Crippen LogP contribution in [0.1, 0.15) is 76.3 Å². The van der Waals surface area contributed by atoms with Gasteiger partial charge >= 0.3 is 6.85 Å². The standard InChI is InChI=1S/C58H45BN2S/c1-56(2,3)32-20-22-33(23-21-32)61-48-29-41-35-15-10-13-19-50(35)62-51(41)30-40(48)36-24-25-38-53-47(27-26-44-52(53)37-16-9-12-18-43(37)57(44,4)5)60-49-28-39-34-14-8-11-17-42(34)58(6,7)45(39)31-46(49)59(61)54(36)55(38)60/h8-31H,1-7H3. The average Bonchev–Trinajstić information content (AvgIpc) is 3.95. The third-order valence-corrected chi connectivity index (χ3v) is 16.7. The molecule has 4 heterocycles. The Bertz CT molecular complexity index is 3680. The van der Waals surface area contributed by atoms with Crippen LogP contribution in [0, 0.1) is 0 Å². The molecule has 0 spiro atoms. The van der Waals surface area contributed by atoms with Crippen LogP contribution < -0.4 is 15.7 Å².